The van der Waals surface area contributed by atoms with Crippen LogP contribution in [-0.2, 0) is 4.79 Å². The maximum atomic E-state index is 10.9. The van der Waals surface area contributed by atoms with Crippen LogP contribution in [0.4, 0.5) is 5.82 Å². The fourth-order valence-electron chi connectivity index (χ4n) is 2.29. The molecule has 1 aliphatic rings. The molecule has 0 spiro atoms. The molecule has 1 amide bonds. The molecule has 6 heteroatoms. The summed E-state index contributed by atoms with van der Waals surface area (Å²) in [6, 6.07) is 2.45. The van der Waals surface area contributed by atoms with Gasteiger partial charge in [-0.1, -0.05) is 0 Å². The van der Waals surface area contributed by atoms with Gasteiger partial charge in [-0.15, -0.1) is 0 Å². The van der Waals surface area contributed by atoms with Crippen molar-refractivity contribution < 1.29 is 4.79 Å². The Bertz CT molecular complexity index is 458. The normalized spacial score (nSPS) is 17.4. The van der Waals surface area contributed by atoms with Crippen molar-refractivity contribution in [1.82, 2.24) is 9.88 Å². The number of aromatic nitrogens is 1. The summed E-state index contributed by atoms with van der Waals surface area (Å²) in [4.78, 5) is 17.4. The number of likely N-dealkylation sites (tertiary alicyclic amines) is 1. The van der Waals surface area contributed by atoms with E-state index in [-0.39, 0.29) is 5.91 Å². The first-order chi connectivity index (χ1) is 9.04. The molecule has 1 aliphatic heterocycles. The number of carbonyl (C=O) groups is 1. The number of hydrogen-bond donors (Lipinski definition) is 2. The minimum absolute atomic E-state index is 0.255. The molecule has 0 radical (unpaired) electrons. The minimum Gasteiger partial charge on any atom is -0.369 e. The number of piperidine rings is 1. The van der Waals surface area contributed by atoms with Crippen molar-refractivity contribution in [2.75, 3.05) is 25.0 Å². The van der Waals surface area contributed by atoms with Crippen LogP contribution in [0.15, 0.2) is 16.7 Å². The Labute approximate surface area is 121 Å². The van der Waals surface area contributed by atoms with Gasteiger partial charge in [-0.25, -0.2) is 4.98 Å². The SMILES string of the molecule is Cc1cnc(NC2CCN(CC(N)=O)CC2)c(Br)c1. The van der Waals surface area contributed by atoms with Crippen LogP contribution in [0.3, 0.4) is 0 Å². The van der Waals surface area contributed by atoms with Gasteiger partial charge >= 0.3 is 0 Å². The molecule has 2 heterocycles. The van der Waals surface area contributed by atoms with Gasteiger partial charge in [0.05, 0.1) is 11.0 Å². The quantitative estimate of drug-likeness (QED) is 0.879. The zero-order valence-electron chi connectivity index (χ0n) is 11.0. The third kappa shape index (κ3) is 4.18. The molecule has 1 saturated heterocycles. The van der Waals surface area contributed by atoms with Crippen molar-refractivity contribution in [1.29, 1.82) is 0 Å². The highest BCUT2D eigenvalue weighted by molar-refractivity contribution is 9.10. The van der Waals surface area contributed by atoms with Gasteiger partial charge in [0.25, 0.3) is 0 Å². The van der Waals surface area contributed by atoms with Crippen LogP contribution in [0.1, 0.15) is 18.4 Å². The van der Waals surface area contributed by atoms with Crippen LogP contribution in [0.25, 0.3) is 0 Å². The first-order valence-electron chi connectivity index (χ1n) is 6.44. The fraction of sp³-hybridized carbons (Fsp3) is 0.538. The molecule has 1 aromatic rings. The first kappa shape index (κ1) is 14.3. The number of rotatable bonds is 4. The predicted molar refractivity (Wildman–Crippen MR) is 79.0 cm³/mol. The van der Waals surface area contributed by atoms with Crippen LogP contribution in [0.5, 0.6) is 0 Å². The maximum Gasteiger partial charge on any atom is 0.231 e. The summed E-state index contributed by atoms with van der Waals surface area (Å²) < 4.78 is 0.993. The number of nitrogens with zero attached hydrogens (tertiary/aromatic N) is 2. The molecular formula is C13H19BrN4O. The zero-order chi connectivity index (χ0) is 13.8. The lowest BCUT2D eigenvalue weighted by Crippen LogP contribution is -2.43. The van der Waals surface area contributed by atoms with Gasteiger partial charge in [-0.05, 0) is 47.3 Å². The van der Waals surface area contributed by atoms with Gasteiger partial charge in [0.1, 0.15) is 5.82 Å². The van der Waals surface area contributed by atoms with Gasteiger partial charge in [0, 0.05) is 25.3 Å². The second kappa shape index (κ2) is 6.34. The van der Waals surface area contributed by atoms with E-state index in [1.807, 2.05) is 13.1 Å². The molecule has 0 aliphatic carbocycles. The number of halogens is 1. The lowest BCUT2D eigenvalue weighted by Gasteiger charge is -2.31. The number of nitrogens with two attached hydrogens (primary N) is 1. The van der Waals surface area contributed by atoms with Crippen LogP contribution < -0.4 is 11.1 Å². The van der Waals surface area contributed by atoms with E-state index in [0.29, 0.717) is 12.6 Å². The lowest BCUT2D eigenvalue weighted by atomic mass is 10.1. The molecule has 1 aromatic heterocycles. The molecule has 5 nitrogen and oxygen atoms in total. The number of pyridine rings is 1. The smallest absolute Gasteiger partial charge is 0.231 e. The Morgan fingerprint density at radius 3 is 2.84 bits per heavy atom. The van der Waals surface area contributed by atoms with E-state index in [1.165, 1.54) is 0 Å². The Kier molecular flexibility index (Phi) is 4.76. The summed E-state index contributed by atoms with van der Waals surface area (Å²) in [6.45, 7) is 4.16. The summed E-state index contributed by atoms with van der Waals surface area (Å²) in [5.41, 5.74) is 6.34. The van der Waals surface area contributed by atoms with Gasteiger partial charge in [-0.3, -0.25) is 9.69 Å². The van der Waals surface area contributed by atoms with Crippen molar-refractivity contribution in [3.8, 4) is 0 Å². The Balaban J connectivity index is 1.87. The largest absolute Gasteiger partial charge is 0.369 e. The number of nitrogens with one attached hydrogen (secondary N) is 1. The molecule has 104 valence electrons. The monoisotopic (exact) mass is 326 g/mol. The molecular weight excluding hydrogens is 308 g/mol. The number of primary amides is 1. The van der Waals surface area contributed by atoms with Gasteiger partial charge < -0.3 is 11.1 Å². The molecule has 0 atom stereocenters. The zero-order valence-corrected chi connectivity index (χ0v) is 12.6. The summed E-state index contributed by atoms with van der Waals surface area (Å²) in [6.07, 6.45) is 3.85. The number of amides is 1. The Morgan fingerprint density at radius 2 is 2.26 bits per heavy atom. The fourth-order valence-corrected chi connectivity index (χ4v) is 2.87. The second-order valence-corrected chi connectivity index (χ2v) is 5.86. The van der Waals surface area contributed by atoms with E-state index in [0.717, 1.165) is 41.8 Å². The molecule has 19 heavy (non-hydrogen) atoms. The van der Waals surface area contributed by atoms with Gasteiger partial charge in [0.2, 0.25) is 5.91 Å². The number of carbonyl (C=O) groups excluding carboxylic acids is 1. The number of anilines is 1. The van der Waals surface area contributed by atoms with E-state index >= 15 is 0 Å². The molecule has 0 bridgehead atoms. The highest BCUT2D eigenvalue weighted by atomic mass is 79.9. The summed E-state index contributed by atoms with van der Waals surface area (Å²) in [7, 11) is 0. The van der Waals surface area contributed by atoms with E-state index in [2.05, 4.69) is 37.2 Å². The highest BCUT2D eigenvalue weighted by Crippen LogP contribution is 2.23. The van der Waals surface area contributed by atoms with E-state index in [9.17, 15) is 4.79 Å². The number of hydrogen-bond acceptors (Lipinski definition) is 4. The first-order valence-corrected chi connectivity index (χ1v) is 7.23. The van der Waals surface area contributed by atoms with E-state index in [1.54, 1.807) is 0 Å². The minimum atomic E-state index is -0.255. The average Bonchev–Trinajstić information content (AvgIpc) is 2.34. The Morgan fingerprint density at radius 1 is 1.58 bits per heavy atom. The van der Waals surface area contributed by atoms with Crippen molar-refractivity contribution in [2.45, 2.75) is 25.8 Å². The third-order valence-electron chi connectivity index (χ3n) is 3.29. The molecule has 3 N–H and O–H groups in total. The van der Waals surface area contributed by atoms with E-state index < -0.39 is 0 Å². The standard InChI is InChI=1S/C13H19BrN4O/c1-9-6-11(14)13(16-7-9)17-10-2-4-18(5-3-10)8-12(15)19/h6-7,10H,2-5,8H2,1H3,(H2,15,19)(H,16,17). The average molecular weight is 327 g/mol. The van der Waals surface area contributed by atoms with Crippen LogP contribution in [0, 0.1) is 6.92 Å². The van der Waals surface area contributed by atoms with Crippen LogP contribution in [0.2, 0.25) is 0 Å². The predicted octanol–water partition coefficient (Wildman–Crippen LogP) is 1.51. The lowest BCUT2D eigenvalue weighted by molar-refractivity contribution is -0.119. The van der Waals surface area contributed by atoms with Crippen LogP contribution in [-0.4, -0.2) is 41.5 Å². The molecule has 0 unspecified atom stereocenters. The summed E-state index contributed by atoms with van der Waals surface area (Å²) in [5, 5.41) is 3.45. The molecule has 1 fully saturated rings. The van der Waals surface area contributed by atoms with E-state index in [4.69, 9.17) is 5.73 Å². The van der Waals surface area contributed by atoms with Gasteiger partial charge in [0.15, 0.2) is 0 Å². The molecule has 0 saturated carbocycles. The highest BCUT2D eigenvalue weighted by Gasteiger charge is 2.20. The summed E-state index contributed by atoms with van der Waals surface area (Å²) in [5.74, 6) is 0.633. The maximum absolute atomic E-state index is 10.9. The third-order valence-corrected chi connectivity index (χ3v) is 3.89. The van der Waals surface area contributed by atoms with Crippen molar-refractivity contribution in [2.24, 2.45) is 5.73 Å². The number of aryl methyl sites for hydroxylation is 1. The van der Waals surface area contributed by atoms with Crippen molar-refractivity contribution in [3.05, 3.63) is 22.3 Å². The second-order valence-electron chi connectivity index (χ2n) is 5.00. The van der Waals surface area contributed by atoms with Gasteiger partial charge in [-0.2, -0.15) is 0 Å². The van der Waals surface area contributed by atoms with Crippen molar-refractivity contribution >= 4 is 27.7 Å². The molecule has 0 aromatic carbocycles. The summed E-state index contributed by atoms with van der Waals surface area (Å²) >= 11 is 3.52. The topological polar surface area (TPSA) is 71.2 Å². The molecule has 2 rings (SSSR count). The Hall–Kier alpha value is -1.14. The van der Waals surface area contributed by atoms with Crippen LogP contribution >= 0.6 is 15.9 Å². The van der Waals surface area contributed by atoms with Crippen molar-refractivity contribution in [3.63, 3.8) is 0 Å².